The monoisotopic (exact) mass is 302 g/mol. The fraction of sp³-hybridized carbons (Fsp3) is 0.105. The lowest BCUT2D eigenvalue weighted by Crippen LogP contribution is -2.09. The number of hydrogen-bond donors (Lipinski definition) is 2. The van der Waals surface area contributed by atoms with Gasteiger partial charge in [0.2, 0.25) is 0 Å². The second-order valence-electron chi connectivity index (χ2n) is 5.71. The van der Waals surface area contributed by atoms with Crippen molar-refractivity contribution in [3.63, 3.8) is 0 Å². The summed E-state index contributed by atoms with van der Waals surface area (Å²) in [6, 6.07) is 17.5. The van der Waals surface area contributed by atoms with Crippen molar-refractivity contribution in [2.75, 3.05) is 30.5 Å². The van der Waals surface area contributed by atoms with E-state index in [4.69, 9.17) is 11.5 Å². The summed E-state index contributed by atoms with van der Waals surface area (Å²) in [7, 11) is 3.97. The minimum absolute atomic E-state index is 0.621. The number of benzene rings is 3. The van der Waals surface area contributed by atoms with Crippen molar-refractivity contribution in [2.24, 2.45) is 0 Å². The molecule has 0 aliphatic heterocycles. The molecule has 3 aromatic carbocycles. The molecule has 114 valence electrons. The largest absolute Gasteiger partial charge is 0.398 e. The Morgan fingerprint density at radius 1 is 0.913 bits per heavy atom. The van der Waals surface area contributed by atoms with Crippen molar-refractivity contribution in [1.82, 2.24) is 0 Å². The molecule has 0 bridgehead atoms. The molecule has 3 aromatic rings. The standard InChI is InChI=1S/C19H18N4/c1-23(2)13-6-9-18(21)17(10-13)16-8-7-14-12(11-20)4-3-5-15(14)19(16)22/h3-10H,21-22H2,1-2H3. The van der Waals surface area contributed by atoms with E-state index in [0.29, 0.717) is 16.9 Å². The molecule has 0 radical (unpaired) electrons. The molecule has 0 unspecified atom stereocenters. The zero-order valence-electron chi connectivity index (χ0n) is 13.2. The molecule has 4 nitrogen and oxygen atoms in total. The Hall–Kier alpha value is -3.19. The number of nitrogen functional groups attached to an aromatic ring is 2. The number of nitrogens with zero attached hydrogens (tertiary/aromatic N) is 2. The Morgan fingerprint density at radius 2 is 1.70 bits per heavy atom. The van der Waals surface area contributed by atoms with Gasteiger partial charge in [-0.25, -0.2) is 0 Å². The third kappa shape index (κ3) is 2.43. The van der Waals surface area contributed by atoms with E-state index in [-0.39, 0.29) is 0 Å². The van der Waals surface area contributed by atoms with E-state index in [2.05, 4.69) is 6.07 Å². The second kappa shape index (κ2) is 5.54. The minimum Gasteiger partial charge on any atom is -0.398 e. The van der Waals surface area contributed by atoms with E-state index >= 15 is 0 Å². The van der Waals surface area contributed by atoms with E-state index < -0.39 is 0 Å². The van der Waals surface area contributed by atoms with Crippen LogP contribution < -0.4 is 16.4 Å². The molecule has 0 aromatic heterocycles. The first-order valence-electron chi connectivity index (χ1n) is 7.31. The summed E-state index contributed by atoms with van der Waals surface area (Å²) in [5.41, 5.74) is 17.3. The number of nitrogens with two attached hydrogens (primary N) is 2. The van der Waals surface area contributed by atoms with Crippen LogP contribution in [0.15, 0.2) is 48.5 Å². The molecule has 0 heterocycles. The molecule has 0 atom stereocenters. The van der Waals surface area contributed by atoms with Gasteiger partial charge in [-0.15, -0.1) is 0 Å². The Balaban J connectivity index is 2.28. The predicted octanol–water partition coefficient (Wildman–Crippen LogP) is 3.61. The van der Waals surface area contributed by atoms with Gasteiger partial charge in [-0.05, 0) is 24.3 Å². The maximum absolute atomic E-state index is 9.24. The van der Waals surface area contributed by atoms with Crippen molar-refractivity contribution < 1.29 is 0 Å². The van der Waals surface area contributed by atoms with Gasteiger partial charge in [0.15, 0.2) is 0 Å². The van der Waals surface area contributed by atoms with Gasteiger partial charge in [-0.3, -0.25) is 0 Å². The Morgan fingerprint density at radius 3 is 2.39 bits per heavy atom. The highest BCUT2D eigenvalue weighted by Gasteiger charge is 2.12. The van der Waals surface area contributed by atoms with Gasteiger partial charge in [0.25, 0.3) is 0 Å². The molecule has 4 heteroatoms. The zero-order valence-corrected chi connectivity index (χ0v) is 13.2. The summed E-state index contributed by atoms with van der Waals surface area (Å²) in [4.78, 5) is 2.02. The fourth-order valence-electron chi connectivity index (χ4n) is 2.77. The maximum Gasteiger partial charge on any atom is 0.0998 e. The van der Waals surface area contributed by atoms with Crippen LogP contribution in [0.25, 0.3) is 21.9 Å². The van der Waals surface area contributed by atoms with Crippen molar-refractivity contribution in [3.8, 4) is 17.2 Å². The van der Waals surface area contributed by atoms with E-state index in [1.54, 1.807) is 6.07 Å². The van der Waals surface area contributed by atoms with Gasteiger partial charge in [0, 0.05) is 53.1 Å². The Kier molecular flexibility index (Phi) is 3.55. The second-order valence-corrected chi connectivity index (χ2v) is 5.71. The summed E-state index contributed by atoms with van der Waals surface area (Å²) >= 11 is 0. The average molecular weight is 302 g/mol. The molecule has 3 rings (SSSR count). The number of anilines is 3. The summed E-state index contributed by atoms with van der Waals surface area (Å²) in [6.07, 6.45) is 0. The quantitative estimate of drug-likeness (QED) is 0.709. The Labute approximate surface area is 135 Å². The topological polar surface area (TPSA) is 79.1 Å². The number of hydrogen-bond acceptors (Lipinski definition) is 4. The summed E-state index contributed by atoms with van der Waals surface area (Å²) in [5, 5.41) is 11.0. The SMILES string of the molecule is CN(C)c1ccc(N)c(-c2ccc3c(C#N)cccc3c2N)c1. The number of fused-ring (bicyclic) bond motifs is 1. The first-order chi connectivity index (χ1) is 11.0. The van der Waals surface area contributed by atoms with Crippen molar-refractivity contribution in [1.29, 1.82) is 5.26 Å². The molecular formula is C19H18N4. The Bertz CT molecular complexity index is 936. The van der Waals surface area contributed by atoms with Crippen LogP contribution in [-0.2, 0) is 0 Å². The van der Waals surface area contributed by atoms with E-state index in [1.165, 1.54) is 0 Å². The van der Waals surface area contributed by atoms with Crippen molar-refractivity contribution in [3.05, 3.63) is 54.1 Å². The van der Waals surface area contributed by atoms with Crippen LogP contribution in [0.5, 0.6) is 0 Å². The third-order valence-corrected chi connectivity index (χ3v) is 4.07. The first-order valence-corrected chi connectivity index (χ1v) is 7.31. The molecule has 23 heavy (non-hydrogen) atoms. The van der Waals surface area contributed by atoms with Gasteiger partial charge in [-0.2, -0.15) is 5.26 Å². The highest BCUT2D eigenvalue weighted by molar-refractivity contribution is 6.04. The number of nitriles is 1. The van der Waals surface area contributed by atoms with Gasteiger partial charge in [0.1, 0.15) is 0 Å². The highest BCUT2D eigenvalue weighted by Crippen LogP contribution is 2.37. The molecule has 0 spiro atoms. The van der Waals surface area contributed by atoms with Gasteiger partial charge in [0.05, 0.1) is 11.6 Å². The zero-order chi connectivity index (χ0) is 16.6. The molecular weight excluding hydrogens is 284 g/mol. The third-order valence-electron chi connectivity index (χ3n) is 4.07. The molecule has 4 N–H and O–H groups in total. The minimum atomic E-state index is 0.621. The van der Waals surface area contributed by atoms with E-state index in [0.717, 1.165) is 27.6 Å². The van der Waals surface area contributed by atoms with Crippen LogP contribution in [0.2, 0.25) is 0 Å². The van der Waals surface area contributed by atoms with Gasteiger partial charge < -0.3 is 16.4 Å². The lowest BCUT2D eigenvalue weighted by molar-refractivity contribution is 1.13. The van der Waals surface area contributed by atoms with Gasteiger partial charge in [-0.1, -0.05) is 24.3 Å². The molecule has 0 amide bonds. The smallest absolute Gasteiger partial charge is 0.0998 e. The van der Waals surface area contributed by atoms with E-state index in [9.17, 15) is 5.26 Å². The summed E-state index contributed by atoms with van der Waals surface area (Å²) < 4.78 is 0. The van der Waals surface area contributed by atoms with Crippen molar-refractivity contribution in [2.45, 2.75) is 0 Å². The molecule has 0 aliphatic carbocycles. The summed E-state index contributed by atoms with van der Waals surface area (Å²) in [5.74, 6) is 0. The molecule has 0 aliphatic rings. The lowest BCUT2D eigenvalue weighted by atomic mass is 9.95. The van der Waals surface area contributed by atoms with Gasteiger partial charge >= 0.3 is 0 Å². The van der Waals surface area contributed by atoms with Crippen LogP contribution in [-0.4, -0.2) is 14.1 Å². The van der Waals surface area contributed by atoms with Crippen LogP contribution >= 0.6 is 0 Å². The molecule has 0 saturated heterocycles. The first kappa shape index (κ1) is 14.7. The molecule has 0 saturated carbocycles. The average Bonchev–Trinajstić information content (AvgIpc) is 2.55. The van der Waals surface area contributed by atoms with E-state index in [1.807, 2.05) is 61.5 Å². The normalized spacial score (nSPS) is 10.5. The summed E-state index contributed by atoms with van der Waals surface area (Å²) in [6.45, 7) is 0. The van der Waals surface area contributed by atoms with Crippen LogP contribution in [0.3, 0.4) is 0 Å². The van der Waals surface area contributed by atoms with Crippen LogP contribution in [0.1, 0.15) is 5.56 Å². The van der Waals surface area contributed by atoms with Crippen LogP contribution in [0, 0.1) is 11.3 Å². The fourth-order valence-corrected chi connectivity index (χ4v) is 2.77. The highest BCUT2D eigenvalue weighted by atomic mass is 15.1. The maximum atomic E-state index is 9.24. The predicted molar refractivity (Wildman–Crippen MR) is 97.3 cm³/mol. The number of rotatable bonds is 2. The molecule has 0 fully saturated rings. The lowest BCUT2D eigenvalue weighted by Gasteiger charge is -2.17. The van der Waals surface area contributed by atoms with Crippen molar-refractivity contribution >= 4 is 27.8 Å². The van der Waals surface area contributed by atoms with Crippen LogP contribution in [0.4, 0.5) is 17.1 Å².